The Kier molecular flexibility index (Phi) is 9.36. The van der Waals surface area contributed by atoms with Gasteiger partial charge in [0.15, 0.2) is 17.5 Å². The summed E-state index contributed by atoms with van der Waals surface area (Å²) in [7, 11) is 4.78. The number of benzene rings is 2. The molecule has 0 radical (unpaired) electrons. The fraction of sp³-hybridized carbons (Fsp3) is 0.278. The van der Waals surface area contributed by atoms with Crippen molar-refractivity contribution in [1.82, 2.24) is 5.32 Å². The summed E-state index contributed by atoms with van der Waals surface area (Å²) in [6.45, 7) is 0.952. The van der Waals surface area contributed by atoms with Gasteiger partial charge in [-0.25, -0.2) is 4.99 Å². The summed E-state index contributed by atoms with van der Waals surface area (Å²) in [6, 6.07) is 11.2. The second-order valence-electron chi connectivity index (χ2n) is 5.21. The fourth-order valence-electron chi connectivity index (χ4n) is 2.22. The Labute approximate surface area is 175 Å². The van der Waals surface area contributed by atoms with Crippen LogP contribution in [0.5, 0.6) is 17.2 Å². The lowest BCUT2D eigenvalue weighted by molar-refractivity contribution is 0.354. The van der Waals surface area contributed by atoms with Gasteiger partial charge in [-0.1, -0.05) is 23.7 Å². The van der Waals surface area contributed by atoms with E-state index in [1.807, 2.05) is 30.3 Å². The molecule has 0 amide bonds. The lowest BCUT2D eigenvalue weighted by atomic mass is 10.2. The maximum atomic E-state index is 6.10. The predicted molar refractivity (Wildman–Crippen MR) is 115 cm³/mol. The van der Waals surface area contributed by atoms with Gasteiger partial charge < -0.3 is 25.3 Å². The first-order valence-electron chi connectivity index (χ1n) is 7.64. The van der Waals surface area contributed by atoms with Crippen LogP contribution in [0.1, 0.15) is 11.1 Å². The summed E-state index contributed by atoms with van der Waals surface area (Å²) >= 11 is 6.10. The number of aliphatic imine (C=N–C) groups is 1. The highest BCUT2D eigenvalue weighted by Crippen LogP contribution is 2.27. The van der Waals surface area contributed by atoms with Crippen LogP contribution < -0.4 is 25.3 Å². The van der Waals surface area contributed by atoms with Crippen molar-refractivity contribution in [2.24, 2.45) is 10.7 Å². The summed E-state index contributed by atoms with van der Waals surface area (Å²) in [5.41, 5.74) is 7.86. The highest BCUT2D eigenvalue weighted by atomic mass is 127. The Hall–Kier alpha value is -1.87. The number of guanidine groups is 1. The molecule has 8 heteroatoms. The molecule has 0 aliphatic carbocycles. The Bertz CT molecular complexity index is 756. The minimum Gasteiger partial charge on any atom is -0.495 e. The minimum absolute atomic E-state index is 0. The molecule has 0 atom stereocenters. The van der Waals surface area contributed by atoms with Crippen LogP contribution in [0.4, 0.5) is 0 Å². The SMILES string of the molecule is COc1ccc(CN=C(N)NCc2ccc(OC)c(OC)c2)cc1Cl.I. The molecule has 0 saturated carbocycles. The molecular weight excluding hydrogens is 469 g/mol. The number of methoxy groups -OCH3 is 3. The Morgan fingerprint density at radius 3 is 2.19 bits per heavy atom. The van der Waals surface area contributed by atoms with Gasteiger partial charge in [-0.3, -0.25) is 0 Å². The Morgan fingerprint density at radius 2 is 1.58 bits per heavy atom. The first kappa shape index (κ1) is 22.2. The zero-order valence-corrected chi connectivity index (χ0v) is 18.0. The summed E-state index contributed by atoms with van der Waals surface area (Å²) < 4.78 is 15.6. The van der Waals surface area contributed by atoms with Crippen molar-refractivity contribution in [3.63, 3.8) is 0 Å². The number of ether oxygens (including phenoxy) is 3. The quantitative estimate of drug-likeness (QED) is 0.352. The number of nitrogens with two attached hydrogens (primary N) is 1. The second kappa shape index (κ2) is 11.0. The zero-order chi connectivity index (χ0) is 18.2. The van der Waals surface area contributed by atoms with Crippen LogP contribution in [-0.4, -0.2) is 27.3 Å². The molecular formula is C18H23ClIN3O3. The maximum absolute atomic E-state index is 6.10. The van der Waals surface area contributed by atoms with E-state index in [1.165, 1.54) is 0 Å². The van der Waals surface area contributed by atoms with Crippen LogP contribution in [0.25, 0.3) is 0 Å². The van der Waals surface area contributed by atoms with Crippen LogP contribution in [0, 0.1) is 0 Å². The molecule has 0 aromatic heterocycles. The average molecular weight is 492 g/mol. The molecule has 26 heavy (non-hydrogen) atoms. The number of hydrogen-bond donors (Lipinski definition) is 2. The van der Waals surface area contributed by atoms with Crippen LogP contribution in [0.15, 0.2) is 41.4 Å². The van der Waals surface area contributed by atoms with Gasteiger partial charge in [-0.2, -0.15) is 0 Å². The third kappa shape index (κ3) is 6.14. The van der Waals surface area contributed by atoms with Crippen molar-refractivity contribution in [3.8, 4) is 17.2 Å². The van der Waals surface area contributed by atoms with Crippen molar-refractivity contribution in [3.05, 3.63) is 52.5 Å². The van der Waals surface area contributed by atoms with Gasteiger partial charge in [0.1, 0.15) is 5.75 Å². The highest BCUT2D eigenvalue weighted by molar-refractivity contribution is 14.0. The van der Waals surface area contributed by atoms with Crippen molar-refractivity contribution >= 4 is 41.5 Å². The van der Waals surface area contributed by atoms with E-state index in [4.69, 9.17) is 31.5 Å². The first-order valence-corrected chi connectivity index (χ1v) is 8.02. The molecule has 0 bridgehead atoms. The number of hydrogen-bond acceptors (Lipinski definition) is 4. The average Bonchev–Trinajstić information content (AvgIpc) is 2.64. The topological polar surface area (TPSA) is 78.1 Å². The van der Waals surface area contributed by atoms with Gasteiger partial charge in [-0.15, -0.1) is 24.0 Å². The van der Waals surface area contributed by atoms with Crippen LogP contribution in [0.2, 0.25) is 5.02 Å². The molecule has 2 rings (SSSR count). The van der Waals surface area contributed by atoms with Crippen LogP contribution in [-0.2, 0) is 13.1 Å². The van der Waals surface area contributed by atoms with E-state index in [2.05, 4.69) is 10.3 Å². The molecule has 0 saturated heterocycles. The molecule has 0 aliphatic rings. The van der Waals surface area contributed by atoms with Crippen molar-refractivity contribution in [2.75, 3.05) is 21.3 Å². The fourth-order valence-corrected chi connectivity index (χ4v) is 2.50. The van der Waals surface area contributed by atoms with Crippen molar-refractivity contribution in [1.29, 1.82) is 0 Å². The van der Waals surface area contributed by atoms with Crippen molar-refractivity contribution < 1.29 is 14.2 Å². The summed E-state index contributed by atoms with van der Waals surface area (Å²) in [5.74, 6) is 2.34. The molecule has 0 heterocycles. The van der Waals surface area contributed by atoms with E-state index < -0.39 is 0 Å². The standard InChI is InChI=1S/C18H22ClN3O3.HI/c1-23-15-6-4-12(8-14(15)19)10-21-18(20)22-11-13-5-7-16(24-2)17(9-13)25-3;/h4-9H,10-11H2,1-3H3,(H3,20,21,22);1H. The van der Waals surface area contributed by atoms with Crippen LogP contribution >= 0.6 is 35.6 Å². The molecule has 2 aromatic rings. The maximum Gasteiger partial charge on any atom is 0.189 e. The number of nitrogens with one attached hydrogen (secondary N) is 1. The molecule has 0 fully saturated rings. The lowest BCUT2D eigenvalue weighted by Crippen LogP contribution is -2.31. The van der Waals surface area contributed by atoms with Gasteiger partial charge in [0, 0.05) is 6.54 Å². The molecule has 0 spiro atoms. The molecule has 0 unspecified atom stereocenters. The lowest BCUT2D eigenvalue weighted by Gasteiger charge is -2.10. The Morgan fingerprint density at radius 1 is 0.962 bits per heavy atom. The van der Waals surface area contributed by atoms with Crippen molar-refractivity contribution in [2.45, 2.75) is 13.1 Å². The van der Waals surface area contributed by atoms with Gasteiger partial charge in [0.05, 0.1) is 32.9 Å². The monoisotopic (exact) mass is 491 g/mol. The zero-order valence-electron chi connectivity index (χ0n) is 14.9. The highest BCUT2D eigenvalue weighted by Gasteiger charge is 2.05. The van der Waals surface area contributed by atoms with E-state index >= 15 is 0 Å². The smallest absolute Gasteiger partial charge is 0.189 e. The normalized spacial score (nSPS) is 10.7. The minimum atomic E-state index is 0. The number of nitrogens with zero attached hydrogens (tertiary/aromatic N) is 1. The molecule has 6 nitrogen and oxygen atoms in total. The molecule has 0 aliphatic heterocycles. The number of rotatable bonds is 7. The van der Waals surface area contributed by atoms with E-state index in [0.29, 0.717) is 41.3 Å². The van der Waals surface area contributed by atoms with Crippen LogP contribution in [0.3, 0.4) is 0 Å². The summed E-state index contributed by atoms with van der Waals surface area (Å²) in [4.78, 5) is 4.31. The predicted octanol–water partition coefficient (Wildman–Crippen LogP) is 3.59. The van der Waals surface area contributed by atoms with Gasteiger partial charge >= 0.3 is 0 Å². The molecule has 2 aromatic carbocycles. The largest absolute Gasteiger partial charge is 0.495 e. The van der Waals surface area contributed by atoms with E-state index in [9.17, 15) is 0 Å². The first-order chi connectivity index (χ1) is 12.1. The number of halogens is 2. The van der Waals surface area contributed by atoms with E-state index in [0.717, 1.165) is 11.1 Å². The molecule has 142 valence electrons. The molecule has 3 N–H and O–H groups in total. The van der Waals surface area contributed by atoms with Gasteiger partial charge in [0.2, 0.25) is 0 Å². The van der Waals surface area contributed by atoms with E-state index in [1.54, 1.807) is 27.4 Å². The van der Waals surface area contributed by atoms with Gasteiger partial charge in [0.25, 0.3) is 0 Å². The third-order valence-electron chi connectivity index (χ3n) is 3.57. The summed E-state index contributed by atoms with van der Waals surface area (Å²) in [5, 5.41) is 3.62. The second-order valence-corrected chi connectivity index (χ2v) is 5.62. The van der Waals surface area contributed by atoms with E-state index in [-0.39, 0.29) is 24.0 Å². The summed E-state index contributed by atoms with van der Waals surface area (Å²) in [6.07, 6.45) is 0. The van der Waals surface area contributed by atoms with Gasteiger partial charge in [-0.05, 0) is 35.4 Å². The Balaban J connectivity index is 0.00000338. The third-order valence-corrected chi connectivity index (χ3v) is 3.87.